The average molecular weight is 358 g/mol. The molecule has 24 heavy (non-hydrogen) atoms. The van der Waals surface area contributed by atoms with Gasteiger partial charge in [-0.3, -0.25) is 4.79 Å². The molecule has 3 rings (SSSR count). The Bertz CT molecular complexity index is 835. The number of amides is 1. The van der Waals surface area contributed by atoms with Gasteiger partial charge in [0, 0.05) is 16.0 Å². The molecule has 3 nitrogen and oxygen atoms in total. The molecular formula is C19H16ClNO2S. The van der Waals surface area contributed by atoms with Gasteiger partial charge >= 0.3 is 0 Å². The van der Waals surface area contributed by atoms with Crippen molar-refractivity contribution in [1.82, 2.24) is 5.32 Å². The van der Waals surface area contributed by atoms with E-state index in [1.54, 1.807) is 17.4 Å². The Kier molecular flexibility index (Phi) is 5.18. The number of nitrogens with one attached hydrogen (secondary N) is 1. The van der Waals surface area contributed by atoms with Crippen molar-refractivity contribution in [3.05, 3.63) is 87.0 Å². The Morgan fingerprint density at radius 3 is 2.62 bits per heavy atom. The highest BCUT2D eigenvalue weighted by Crippen LogP contribution is 2.27. The molecule has 0 radical (unpaired) electrons. The van der Waals surface area contributed by atoms with Crippen LogP contribution in [0.2, 0.25) is 5.02 Å². The molecule has 2 heterocycles. The van der Waals surface area contributed by atoms with E-state index in [1.807, 2.05) is 60.8 Å². The zero-order valence-electron chi connectivity index (χ0n) is 13.0. The SMILES string of the molecule is Cc1ccc(/C=C/C(=O)N[C@H](c2ccc(Cl)cc2)c2cccs2)o1. The summed E-state index contributed by atoms with van der Waals surface area (Å²) in [6.07, 6.45) is 3.14. The van der Waals surface area contributed by atoms with E-state index < -0.39 is 0 Å². The van der Waals surface area contributed by atoms with Crippen molar-refractivity contribution >= 4 is 34.9 Å². The average Bonchev–Trinajstić information content (AvgIpc) is 3.23. The van der Waals surface area contributed by atoms with Crippen LogP contribution in [0.4, 0.5) is 0 Å². The van der Waals surface area contributed by atoms with Gasteiger partial charge in [0.15, 0.2) is 0 Å². The van der Waals surface area contributed by atoms with Crippen LogP contribution in [-0.4, -0.2) is 5.91 Å². The number of carbonyl (C=O) groups is 1. The van der Waals surface area contributed by atoms with E-state index in [1.165, 1.54) is 6.08 Å². The summed E-state index contributed by atoms with van der Waals surface area (Å²) < 4.78 is 5.43. The van der Waals surface area contributed by atoms with Gasteiger partial charge < -0.3 is 9.73 Å². The maximum atomic E-state index is 12.3. The van der Waals surface area contributed by atoms with Crippen molar-refractivity contribution in [3.63, 3.8) is 0 Å². The number of hydrogen-bond donors (Lipinski definition) is 1. The Balaban J connectivity index is 1.78. The molecule has 0 spiro atoms. The van der Waals surface area contributed by atoms with Gasteiger partial charge in [-0.05, 0) is 54.3 Å². The fourth-order valence-corrected chi connectivity index (χ4v) is 3.25. The predicted octanol–water partition coefficient (Wildman–Crippen LogP) is 5.22. The lowest BCUT2D eigenvalue weighted by Crippen LogP contribution is -2.27. The zero-order chi connectivity index (χ0) is 16.9. The molecule has 2 aromatic heterocycles. The van der Waals surface area contributed by atoms with Crippen molar-refractivity contribution in [2.24, 2.45) is 0 Å². The number of carbonyl (C=O) groups excluding carboxylic acids is 1. The number of benzene rings is 1. The Labute approximate surface area is 149 Å². The summed E-state index contributed by atoms with van der Waals surface area (Å²) in [6, 6.07) is 14.9. The molecule has 1 atom stereocenters. The lowest BCUT2D eigenvalue weighted by molar-refractivity contribution is -0.116. The molecule has 0 fully saturated rings. The third kappa shape index (κ3) is 4.16. The van der Waals surface area contributed by atoms with Crippen molar-refractivity contribution in [2.75, 3.05) is 0 Å². The minimum Gasteiger partial charge on any atom is -0.462 e. The third-order valence-electron chi connectivity index (χ3n) is 3.48. The number of furan rings is 1. The highest BCUT2D eigenvalue weighted by molar-refractivity contribution is 7.10. The van der Waals surface area contributed by atoms with Gasteiger partial charge in [0.1, 0.15) is 11.5 Å². The second-order valence-corrected chi connectivity index (χ2v) is 6.71. The van der Waals surface area contributed by atoms with Crippen LogP contribution in [-0.2, 0) is 4.79 Å². The molecule has 122 valence electrons. The van der Waals surface area contributed by atoms with E-state index in [-0.39, 0.29) is 11.9 Å². The summed E-state index contributed by atoms with van der Waals surface area (Å²) >= 11 is 7.56. The molecule has 1 aromatic carbocycles. The molecule has 0 bridgehead atoms. The molecule has 5 heteroatoms. The minimum absolute atomic E-state index is 0.183. The van der Waals surface area contributed by atoms with Gasteiger partial charge in [-0.15, -0.1) is 11.3 Å². The summed E-state index contributed by atoms with van der Waals surface area (Å²) in [6.45, 7) is 1.87. The number of thiophene rings is 1. The lowest BCUT2D eigenvalue weighted by Gasteiger charge is -2.17. The number of aryl methyl sites for hydroxylation is 1. The maximum absolute atomic E-state index is 12.3. The summed E-state index contributed by atoms with van der Waals surface area (Å²) in [7, 11) is 0. The van der Waals surface area contributed by atoms with Crippen LogP contribution in [0.1, 0.15) is 28.0 Å². The van der Waals surface area contributed by atoms with E-state index >= 15 is 0 Å². The molecule has 1 amide bonds. The quantitative estimate of drug-likeness (QED) is 0.636. The Morgan fingerprint density at radius 2 is 2.00 bits per heavy atom. The standard InChI is InChI=1S/C19H16ClNO2S/c1-13-4-9-16(23-13)10-11-18(22)21-19(17-3-2-12-24-17)14-5-7-15(20)8-6-14/h2-12,19H,1H3,(H,21,22)/b11-10+/t19-/m1/s1. The molecule has 0 aliphatic carbocycles. The highest BCUT2D eigenvalue weighted by atomic mass is 35.5. The molecule has 0 aliphatic heterocycles. The van der Waals surface area contributed by atoms with Gasteiger partial charge in [0.05, 0.1) is 6.04 Å². The third-order valence-corrected chi connectivity index (χ3v) is 4.67. The van der Waals surface area contributed by atoms with Crippen LogP contribution in [0, 0.1) is 6.92 Å². The number of hydrogen-bond acceptors (Lipinski definition) is 3. The van der Waals surface area contributed by atoms with Gasteiger partial charge in [0.2, 0.25) is 5.91 Å². The van der Waals surface area contributed by atoms with Gasteiger partial charge in [-0.25, -0.2) is 0 Å². The number of rotatable bonds is 5. The fraction of sp³-hybridized carbons (Fsp3) is 0.105. The predicted molar refractivity (Wildman–Crippen MR) is 98.2 cm³/mol. The van der Waals surface area contributed by atoms with E-state index in [0.29, 0.717) is 10.8 Å². The van der Waals surface area contributed by atoms with Crippen LogP contribution in [0.5, 0.6) is 0 Å². The van der Waals surface area contributed by atoms with Crippen LogP contribution >= 0.6 is 22.9 Å². The van der Waals surface area contributed by atoms with Gasteiger partial charge in [-0.1, -0.05) is 29.8 Å². The zero-order valence-corrected chi connectivity index (χ0v) is 14.6. The van der Waals surface area contributed by atoms with Crippen LogP contribution in [0.25, 0.3) is 6.08 Å². The summed E-state index contributed by atoms with van der Waals surface area (Å²) in [5.41, 5.74) is 0.984. The second kappa shape index (κ2) is 7.51. The van der Waals surface area contributed by atoms with E-state index in [4.69, 9.17) is 16.0 Å². The lowest BCUT2D eigenvalue weighted by atomic mass is 10.1. The smallest absolute Gasteiger partial charge is 0.244 e. The molecule has 1 N–H and O–H groups in total. The molecule has 0 saturated carbocycles. The van der Waals surface area contributed by atoms with Gasteiger partial charge in [-0.2, -0.15) is 0 Å². The first-order valence-corrected chi connectivity index (χ1v) is 8.71. The van der Waals surface area contributed by atoms with Crippen LogP contribution in [0.3, 0.4) is 0 Å². The fourth-order valence-electron chi connectivity index (χ4n) is 2.32. The van der Waals surface area contributed by atoms with Crippen molar-refractivity contribution in [1.29, 1.82) is 0 Å². The second-order valence-electron chi connectivity index (χ2n) is 5.29. The molecule has 3 aromatic rings. The summed E-state index contributed by atoms with van der Waals surface area (Å²) in [5.74, 6) is 1.28. The van der Waals surface area contributed by atoms with E-state index in [9.17, 15) is 4.79 Å². The summed E-state index contributed by atoms with van der Waals surface area (Å²) in [4.78, 5) is 13.4. The largest absolute Gasteiger partial charge is 0.462 e. The molecule has 0 saturated heterocycles. The van der Waals surface area contributed by atoms with Crippen LogP contribution in [0.15, 0.2) is 64.4 Å². The van der Waals surface area contributed by atoms with Gasteiger partial charge in [0.25, 0.3) is 0 Å². The Morgan fingerprint density at radius 1 is 1.21 bits per heavy atom. The van der Waals surface area contributed by atoms with Crippen LogP contribution < -0.4 is 5.32 Å². The van der Waals surface area contributed by atoms with Crippen molar-refractivity contribution in [3.8, 4) is 0 Å². The molecular weight excluding hydrogens is 342 g/mol. The monoisotopic (exact) mass is 357 g/mol. The molecule has 0 aliphatic rings. The topological polar surface area (TPSA) is 42.2 Å². The maximum Gasteiger partial charge on any atom is 0.244 e. The first-order valence-electron chi connectivity index (χ1n) is 7.46. The normalized spacial score (nSPS) is 12.4. The highest BCUT2D eigenvalue weighted by Gasteiger charge is 2.16. The Hall–Kier alpha value is -2.30. The first kappa shape index (κ1) is 16.6. The van der Waals surface area contributed by atoms with E-state index in [2.05, 4.69) is 5.32 Å². The van der Waals surface area contributed by atoms with E-state index in [0.717, 1.165) is 16.2 Å². The molecule has 0 unspecified atom stereocenters. The number of halogens is 1. The first-order chi connectivity index (χ1) is 11.6. The summed E-state index contributed by atoms with van der Waals surface area (Å²) in [5, 5.41) is 5.69. The van der Waals surface area contributed by atoms with Crippen molar-refractivity contribution in [2.45, 2.75) is 13.0 Å². The minimum atomic E-state index is -0.210. The van der Waals surface area contributed by atoms with Crippen molar-refractivity contribution < 1.29 is 9.21 Å².